The van der Waals surface area contributed by atoms with Gasteiger partial charge in [0.05, 0.1) is 5.58 Å². The molecule has 0 amide bonds. The van der Waals surface area contributed by atoms with Gasteiger partial charge in [-0.25, -0.2) is 0 Å². The van der Waals surface area contributed by atoms with Crippen LogP contribution in [0.4, 0.5) is 4.39 Å². The number of benzene rings is 3. The Morgan fingerprint density at radius 1 is 0.907 bits per heavy atom. The summed E-state index contributed by atoms with van der Waals surface area (Å²) >= 11 is -2.38. The first-order valence-electron chi connectivity index (χ1n) is 16.8. The SMILES string of the molecule is CC(C)(C)c1ccnc(-c2[c-]cc(F)c3c2oc2ccccc23)c1.[2H]C([2H])([2H])c1c[c-]c(-c2cc(C([2H])([2H])[2H])[c]([Ge]([CH3])([CH3])[CH3])cn2)cc1.[Ir]. The second-order valence-corrected chi connectivity index (χ2v) is 22.9. The third-order valence-electron chi connectivity index (χ3n) is 7.09. The van der Waals surface area contributed by atoms with Gasteiger partial charge in [-0.3, -0.25) is 4.39 Å². The van der Waals surface area contributed by atoms with Crippen LogP contribution in [0.5, 0.6) is 0 Å². The molecule has 0 aliphatic rings. The van der Waals surface area contributed by atoms with Gasteiger partial charge < -0.3 is 9.40 Å². The summed E-state index contributed by atoms with van der Waals surface area (Å²) in [6, 6.07) is 24.9. The standard InChI is InChI=1S/C21H17FNO.C16H20GeN.Ir/c1-21(2,3)13-10-11-23-17(12-13)14-8-9-16(22)19-15-6-4-5-7-18(15)24-20(14)19;1-12-6-8-14(9-7-12)16-10-13(2)15(11-18-16)17(3,4)5;/h4-7,9-12H,1-3H3;6-8,10-11H,1-5H3;/q2*-1;/i;1D3,2D3;. The summed E-state index contributed by atoms with van der Waals surface area (Å²) in [5, 5.41) is 1.26. The maximum absolute atomic E-state index is 14.4. The van der Waals surface area contributed by atoms with Gasteiger partial charge in [-0.15, -0.1) is 12.1 Å². The van der Waals surface area contributed by atoms with Crippen LogP contribution in [0, 0.1) is 31.7 Å². The molecule has 6 heteroatoms. The van der Waals surface area contributed by atoms with Crippen LogP contribution in [-0.2, 0) is 25.5 Å². The Morgan fingerprint density at radius 3 is 2.37 bits per heavy atom. The number of aryl methyl sites for hydroxylation is 2. The number of halogens is 1. The molecule has 223 valence electrons. The molecule has 0 aliphatic heterocycles. The third kappa shape index (κ3) is 7.17. The Kier molecular flexibility index (Phi) is 7.54. The van der Waals surface area contributed by atoms with Crippen LogP contribution in [0.1, 0.15) is 45.7 Å². The minimum Gasteiger partial charge on any atom is 0 e. The Morgan fingerprint density at radius 2 is 1.70 bits per heavy atom. The molecule has 3 heterocycles. The maximum atomic E-state index is 14.4. The molecule has 0 aliphatic carbocycles. The van der Waals surface area contributed by atoms with E-state index in [1.165, 1.54) is 18.2 Å². The third-order valence-corrected chi connectivity index (χ3v) is 11.3. The van der Waals surface area contributed by atoms with E-state index in [9.17, 15) is 4.39 Å². The van der Waals surface area contributed by atoms with Gasteiger partial charge in [0, 0.05) is 37.5 Å². The molecule has 3 aromatic heterocycles. The van der Waals surface area contributed by atoms with E-state index in [1.807, 2.05) is 36.4 Å². The maximum Gasteiger partial charge on any atom is 0 e. The summed E-state index contributed by atoms with van der Waals surface area (Å²) in [4.78, 5) is 8.87. The van der Waals surface area contributed by atoms with Crippen molar-refractivity contribution in [3.8, 4) is 22.5 Å². The van der Waals surface area contributed by atoms with Gasteiger partial charge in [-0.2, -0.15) is 0 Å². The molecule has 6 aromatic rings. The van der Waals surface area contributed by atoms with Gasteiger partial charge in [-0.1, -0.05) is 50.6 Å². The molecule has 0 bridgehead atoms. The average Bonchev–Trinajstić information content (AvgIpc) is 3.40. The summed E-state index contributed by atoms with van der Waals surface area (Å²) in [6.07, 6.45) is 3.45. The first-order chi connectivity index (χ1) is 22.2. The quantitative estimate of drug-likeness (QED) is 0.132. The van der Waals surface area contributed by atoms with Gasteiger partial charge in [0.15, 0.2) is 0 Å². The number of rotatable bonds is 3. The van der Waals surface area contributed by atoms with Crippen molar-refractivity contribution in [1.82, 2.24) is 9.97 Å². The smallest absolute Gasteiger partial charge is 0 e. The first kappa shape index (κ1) is 25.2. The van der Waals surface area contributed by atoms with E-state index >= 15 is 0 Å². The second-order valence-electron chi connectivity index (χ2n) is 12.3. The minimum absolute atomic E-state index is 0. The van der Waals surface area contributed by atoms with Crippen LogP contribution < -0.4 is 4.40 Å². The number of fused-ring (bicyclic) bond motifs is 3. The molecule has 0 unspecified atom stereocenters. The zero-order chi connectivity index (χ0) is 35.2. The van der Waals surface area contributed by atoms with Crippen molar-refractivity contribution in [3.63, 3.8) is 0 Å². The summed E-state index contributed by atoms with van der Waals surface area (Å²) in [5.41, 5.74) is 5.38. The normalized spacial score (nSPS) is 14.3. The molecule has 0 atom stereocenters. The number of hydrogen-bond donors (Lipinski definition) is 0. The molecular formula is C37H37FGeIrN2O-2. The van der Waals surface area contributed by atoms with Crippen LogP contribution in [0.3, 0.4) is 0 Å². The van der Waals surface area contributed by atoms with E-state index in [0.717, 1.165) is 21.0 Å². The second kappa shape index (κ2) is 12.9. The van der Waals surface area contributed by atoms with E-state index in [4.69, 9.17) is 12.6 Å². The van der Waals surface area contributed by atoms with Crippen LogP contribution in [0.15, 0.2) is 83.5 Å². The predicted molar refractivity (Wildman–Crippen MR) is 175 cm³/mol. The van der Waals surface area contributed by atoms with Crippen molar-refractivity contribution >= 4 is 39.6 Å². The van der Waals surface area contributed by atoms with E-state index in [0.29, 0.717) is 38.9 Å². The molecule has 3 aromatic carbocycles. The van der Waals surface area contributed by atoms with Crippen molar-refractivity contribution in [2.75, 3.05) is 0 Å². The number of aromatic nitrogens is 2. The van der Waals surface area contributed by atoms with Crippen LogP contribution in [0.2, 0.25) is 17.3 Å². The Labute approximate surface area is 279 Å². The molecule has 0 fully saturated rings. The molecular weight excluding hydrogens is 772 g/mol. The van der Waals surface area contributed by atoms with Crippen molar-refractivity contribution in [3.05, 3.63) is 114 Å². The zero-order valence-electron chi connectivity index (χ0n) is 31.0. The molecule has 3 nitrogen and oxygen atoms in total. The topological polar surface area (TPSA) is 38.9 Å². The molecule has 0 saturated carbocycles. The molecule has 0 spiro atoms. The largest absolute Gasteiger partial charge is 0 e. The fourth-order valence-corrected chi connectivity index (χ4v) is 7.54. The molecule has 1 radical (unpaired) electrons. The van der Waals surface area contributed by atoms with Gasteiger partial charge >= 0.3 is 121 Å². The molecule has 6 rings (SSSR count). The zero-order valence-corrected chi connectivity index (χ0v) is 29.5. The van der Waals surface area contributed by atoms with Crippen molar-refractivity contribution in [1.29, 1.82) is 0 Å². The number of furan rings is 1. The predicted octanol–water partition coefficient (Wildman–Crippen LogP) is 9.59. The number of para-hydroxylation sites is 1. The average molecular weight is 816 g/mol. The Bertz CT molecular complexity index is 2100. The van der Waals surface area contributed by atoms with Crippen LogP contribution >= 0.6 is 0 Å². The van der Waals surface area contributed by atoms with Gasteiger partial charge in [0.25, 0.3) is 0 Å². The van der Waals surface area contributed by atoms with Crippen LogP contribution in [-0.4, -0.2) is 23.2 Å². The summed E-state index contributed by atoms with van der Waals surface area (Å²) in [6.45, 7) is 2.06. The van der Waals surface area contributed by atoms with E-state index in [-0.39, 0.29) is 36.9 Å². The van der Waals surface area contributed by atoms with Gasteiger partial charge in [0.1, 0.15) is 5.58 Å². The number of hydrogen-bond acceptors (Lipinski definition) is 3. The van der Waals surface area contributed by atoms with Crippen molar-refractivity contribution in [2.45, 2.75) is 57.2 Å². The van der Waals surface area contributed by atoms with E-state index in [2.05, 4.69) is 60.1 Å². The van der Waals surface area contributed by atoms with Crippen molar-refractivity contribution in [2.24, 2.45) is 0 Å². The summed E-state index contributed by atoms with van der Waals surface area (Å²) in [7, 11) is 0. The molecule has 0 N–H and O–H groups in total. The Hall–Kier alpha value is -3.12. The molecule has 43 heavy (non-hydrogen) atoms. The first-order valence-corrected chi connectivity index (χ1v) is 21.1. The van der Waals surface area contributed by atoms with Crippen LogP contribution in [0.25, 0.3) is 44.5 Å². The fourth-order valence-electron chi connectivity index (χ4n) is 4.74. The monoisotopic (exact) mass is 817 g/mol. The summed E-state index contributed by atoms with van der Waals surface area (Å²) < 4.78 is 66.8. The van der Waals surface area contributed by atoms with Gasteiger partial charge in [0.2, 0.25) is 0 Å². The molecule has 0 saturated heterocycles. The summed E-state index contributed by atoms with van der Waals surface area (Å²) in [5.74, 6) is 6.06. The number of pyridine rings is 2. The number of nitrogens with zero attached hydrogens (tertiary/aromatic N) is 2. The minimum atomic E-state index is -2.38. The van der Waals surface area contributed by atoms with E-state index in [1.54, 1.807) is 24.5 Å². The van der Waals surface area contributed by atoms with Gasteiger partial charge in [-0.05, 0) is 34.2 Å². The fraction of sp³-hybridized carbons (Fsp3) is 0.243. The Balaban J connectivity index is 0.000000216. The van der Waals surface area contributed by atoms with Crippen molar-refractivity contribution < 1.29 is 37.1 Å². The van der Waals surface area contributed by atoms with E-state index < -0.39 is 27.0 Å².